The van der Waals surface area contributed by atoms with Gasteiger partial charge in [-0.15, -0.1) is 10.2 Å². The Morgan fingerprint density at radius 2 is 2.04 bits per heavy atom. The molecule has 0 radical (unpaired) electrons. The number of nitro benzene ring substituents is 1. The quantitative estimate of drug-likeness (QED) is 0.267. The maximum atomic E-state index is 12.2. The first-order valence-corrected chi connectivity index (χ1v) is 8.99. The van der Waals surface area contributed by atoms with E-state index in [0.717, 1.165) is 17.3 Å². The van der Waals surface area contributed by atoms with Gasteiger partial charge in [-0.1, -0.05) is 42.1 Å². The van der Waals surface area contributed by atoms with Gasteiger partial charge in [0.1, 0.15) is 11.4 Å². The molecule has 0 bridgehead atoms. The number of amides is 1. The summed E-state index contributed by atoms with van der Waals surface area (Å²) < 4.78 is 6.26. The predicted molar refractivity (Wildman–Crippen MR) is 105 cm³/mol. The summed E-state index contributed by atoms with van der Waals surface area (Å²) in [5, 5.41) is 22.1. The van der Waals surface area contributed by atoms with Crippen molar-refractivity contribution in [2.75, 3.05) is 24.0 Å². The first-order valence-electron chi connectivity index (χ1n) is 8.00. The summed E-state index contributed by atoms with van der Waals surface area (Å²) in [5.41, 5.74) is 0.615. The number of nitrogens with zero attached hydrogens (tertiary/aromatic N) is 4. The monoisotopic (exact) mass is 400 g/mol. The van der Waals surface area contributed by atoms with Gasteiger partial charge in [-0.25, -0.2) is 4.68 Å². The summed E-state index contributed by atoms with van der Waals surface area (Å²) >= 11 is 1.07. The molecule has 0 fully saturated rings. The maximum absolute atomic E-state index is 12.2. The number of nitrogens with one attached hydrogen (secondary N) is 1. The molecule has 1 amide bonds. The molecule has 0 atom stereocenters. The van der Waals surface area contributed by atoms with Crippen molar-refractivity contribution in [2.24, 2.45) is 0 Å². The second-order valence-corrected chi connectivity index (χ2v) is 6.46. The van der Waals surface area contributed by atoms with Crippen molar-refractivity contribution in [1.82, 2.24) is 14.9 Å². The minimum Gasteiger partial charge on any atom is -0.496 e. The molecule has 11 heteroatoms. The third kappa shape index (κ3) is 4.20. The maximum Gasteiger partial charge on any atom is 0.296 e. The summed E-state index contributed by atoms with van der Waals surface area (Å²) in [4.78, 5) is 22.8. The van der Waals surface area contributed by atoms with Crippen molar-refractivity contribution >= 4 is 29.0 Å². The van der Waals surface area contributed by atoms with E-state index in [-0.39, 0.29) is 17.1 Å². The van der Waals surface area contributed by atoms with Crippen LogP contribution in [0, 0.1) is 10.1 Å². The van der Waals surface area contributed by atoms with Crippen LogP contribution in [0.2, 0.25) is 0 Å². The van der Waals surface area contributed by atoms with E-state index >= 15 is 0 Å². The van der Waals surface area contributed by atoms with Gasteiger partial charge in [-0.3, -0.25) is 14.9 Å². The number of anilines is 1. The number of benzene rings is 2. The van der Waals surface area contributed by atoms with Crippen LogP contribution < -0.4 is 15.9 Å². The zero-order valence-electron chi connectivity index (χ0n) is 14.7. The Labute approximate surface area is 163 Å². The van der Waals surface area contributed by atoms with E-state index in [4.69, 9.17) is 10.6 Å². The number of rotatable bonds is 7. The Hall–Kier alpha value is -3.60. The fourth-order valence-electron chi connectivity index (χ4n) is 2.37. The first-order chi connectivity index (χ1) is 13.5. The van der Waals surface area contributed by atoms with E-state index < -0.39 is 10.8 Å². The second kappa shape index (κ2) is 8.39. The molecule has 2 aromatic carbocycles. The van der Waals surface area contributed by atoms with Crippen molar-refractivity contribution in [1.29, 1.82) is 0 Å². The first kappa shape index (κ1) is 19.2. The van der Waals surface area contributed by atoms with Crippen molar-refractivity contribution in [3.05, 3.63) is 58.6 Å². The number of carbonyl (C=O) groups excluding carboxylic acids is 1. The lowest BCUT2D eigenvalue weighted by atomic mass is 10.2. The molecular weight excluding hydrogens is 384 g/mol. The minimum absolute atomic E-state index is 0.0483. The number of nitro groups is 1. The third-order valence-corrected chi connectivity index (χ3v) is 4.65. The van der Waals surface area contributed by atoms with Gasteiger partial charge < -0.3 is 15.9 Å². The number of hydrogen-bond acceptors (Lipinski definition) is 8. The minimum atomic E-state index is -0.589. The summed E-state index contributed by atoms with van der Waals surface area (Å²) in [5.74, 6) is 6.31. The van der Waals surface area contributed by atoms with E-state index in [1.54, 1.807) is 0 Å². The third-order valence-electron chi connectivity index (χ3n) is 3.70. The van der Waals surface area contributed by atoms with Gasteiger partial charge >= 0.3 is 0 Å². The molecule has 3 aromatic rings. The lowest BCUT2D eigenvalue weighted by Gasteiger charge is -2.07. The average molecular weight is 400 g/mol. The Balaban J connectivity index is 1.67. The van der Waals surface area contributed by atoms with Crippen LogP contribution in [0.5, 0.6) is 5.75 Å². The smallest absolute Gasteiger partial charge is 0.296 e. The lowest BCUT2D eigenvalue weighted by Crippen LogP contribution is -2.17. The molecule has 10 nitrogen and oxygen atoms in total. The van der Waals surface area contributed by atoms with Crippen LogP contribution in [-0.4, -0.2) is 38.6 Å². The SMILES string of the molecule is COc1ccc(NC(=O)CSc2nnc(-c3ccccc3)n2N)c([N+](=O)[O-])c1. The Bertz CT molecular complexity index is 1010. The van der Waals surface area contributed by atoms with Crippen LogP contribution in [0.1, 0.15) is 0 Å². The number of aromatic nitrogens is 3. The molecule has 0 spiro atoms. The van der Waals surface area contributed by atoms with Crippen molar-refractivity contribution in [2.45, 2.75) is 5.16 Å². The molecule has 144 valence electrons. The van der Waals surface area contributed by atoms with Gasteiger partial charge in [0, 0.05) is 5.56 Å². The summed E-state index contributed by atoms with van der Waals surface area (Å²) in [6.45, 7) is 0. The number of hydrogen-bond donors (Lipinski definition) is 2. The molecule has 0 aliphatic heterocycles. The van der Waals surface area contributed by atoms with Gasteiger partial charge in [-0.2, -0.15) is 0 Å². The fraction of sp³-hybridized carbons (Fsp3) is 0.118. The molecule has 1 heterocycles. The normalized spacial score (nSPS) is 10.5. The number of nitrogen functional groups attached to an aromatic ring is 1. The van der Waals surface area contributed by atoms with Crippen molar-refractivity contribution in [3.63, 3.8) is 0 Å². The topological polar surface area (TPSA) is 138 Å². The van der Waals surface area contributed by atoms with Gasteiger partial charge in [-0.05, 0) is 12.1 Å². The zero-order chi connectivity index (χ0) is 20.1. The van der Waals surface area contributed by atoms with Crippen LogP contribution in [0.3, 0.4) is 0 Å². The van der Waals surface area contributed by atoms with Crippen LogP contribution in [0.15, 0.2) is 53.7 Å². The molecule has 3 rings (SSSR count). The second-order valence-electron chi connectivity index (χ2n) is 5.52. The molecular formula is C17H16N6O4S. The molecule has 0 saturated heterocycles. The van der Waals surface area contributed by atoms with Crippen molar-refractivity contribution < 1.29 is 14.5 Å². The van der Waals surface area contributed by atoms with Crippen LogP contribution in [0.4, 0.5) is 11.4 Å². The van der Waals surface area contributed by atoms with E-state index in [9.17, 15) is 14.9 Å². The van der Waals surface area contributed by atoms with Gasteiger partial charge in [0.2, 0.25) is 11.1 Å². The highest BCUT2D eigenvalue weighted by molar-refractivity contribution is 7.99. The largest absolute Gasteiger partial charge is 0.496 e. The van der Waals surface area contributed by atoms with E-state index in [1.165, 1.54) is 30.0 Å². The summed E-state index contributed by atoms with van der Waals surface area (Å²) in [7, 11) is 1.40. The molecule has 1 aromatic heterocycles. The van der Waals surface area contributed by atoms with Crippen LogP contribution in [0.25, 0.3) is 11.4 Å². The molecule has 3 N–H and O–H groups in total. The highest BCUT2D eigenvalue weighted by atomic mass is 32.2. The number of nitrogens with two attached hydrogens (primary N) is 1. The number of methoxy groups -OCH3 is 1. The van der Waals surface area contributed by atoms with Gasteiger partial charge in [0.05, 0.1) is 23.9 Å². The molecule has 28 heavy (non-hydrogen) atoms. The van der Waals surface area contributed by atoms with Crippen LogP contribution >= 0.6 is 11.8 Å². The van der Waals surface area contributed by atoms with E-state index in [2.05, 4.69) is 15.5 Å². The van der Waals surface area contributed by atoms with Gasteiger partial charge in [0.15, 0.2) is 5.82 Å². The molecule has 0 unspecified atom stereocenters. The Morgan fingerprint density at radius 1 is 1.29 bits per heavy atom. The van der Waals surface area contributed by atoms with E-state index in [0.29, 0.717) is 16.7 Å². The summed E-state index contributed by atoms with van der Waals surface area (Å²) in [6, 6.07) is 13.5. The fourth-order valence-corrected chi connectivity index (χ4v) is 3.03. The highest BCUT2D eigenvalue weighted by Gasteiger charge is 2.18. The standard InChI is InChI=1S/C17H16N6O4S/c1-27-12-7-8-13(14(9-12)23(25)26)19-15(24)10-28-17-21-20-16(22(17)18)11-5-3-2-4-6-11/h2-9H,10,18H2,1H3,(H,19,24). The number of ether oxygens (including phenoxy) is 1. The summed E-state index contributed by atoms with van der Waals surface area (Å²) in [6.07, 6.45) is 0. The highest BCUT2D eigenvalue weighted by Crippen LogP contribution is 2.29. The number of carbonyl (C=O) groups is 1. The Morgan fingerprint density at radius 3 is 2.71 bits per heavy atom. The average Bonchev–Trinajstić information content (AvgIpc) is 3.07. The van der Waals surface area contributed by atoms with Crippen molar-refractivity contribution in [3.8, 4) is 17.1 Å². The molecule has 0 aliphatic rings. The zero-order valence-corrected chi connectivity index (χ0v) is 15.5. The molecule has 0 aliphatic carbocycles. The molecule has 0 saturated carbocycles. The Kier molecular flexibility index (Phi) is 5.75. The van der Waals surface area contributed by atoms with Crippen LogP contribution in [-0.2, 0) is 4.79 Å². The van der Waals surface area contributed by atoms with Gasteiger partial charge in [0.25, 0.3) is 5.69 Å². The van der Waals surface area contributed by atoms with E-state index in [1.807, 2.05) is 30.3 Å². The number of thioether (sulfide) groups is 1. The predicted octanol–water partition coefficient (Wildman–Crippen LogP) is 2.31. The lowest BCUT2D eigenvalue weighted by molar-refractivity contribution is -0.384.